The van der Waals surface area contributed by atoms with Crippen LogP contribution in [0.15, 0.2) is 0 Å². The summed E-state index contributed by atoms with van der Waals surface area (Å²) in [4.78, 5) is 24.9. The molecule has 2 unspecified atom stereocenters. The van der Waals surface area contributed by atoms with Crippen molar-refractivity contribution < 1.29 is 14.7 Å². The van der Waals surface area contributed by atoms with Crippen molar-refractivity contribution in [3.63, 3.8) is 0 Å². The summed E-state index contributed by atoms with van der Waals surface area (Å²) in [5.74, 6) is -0.949. The number of hydrogen-bond acceptors (Lipinski definition) is 3. The Balaban J connectivity index is 2.06. The van der Waals surface area contributed by atoms with Gasteiger partial charge in [-0.25, -0.2) is 0 Å². The molecule has 2 aliphatic rings. The van der Waals surface area contributed by atoms with E-state index in [-0.39, 0.29) is 18.4 Å². The molecule has 1 amide bonds. The van der Waals surface area contributed by atoms with Crippen LogP contribution in [0, 0.1) is 0 Å². The molecule has 0 bridgehead atoms. The highest BCUT2D eigenvalue weighted by atomic mass is 16.4. The number of carboxylic acid groups (broad SMARTS) is 1. The minimum atomic E-state index is -0.920. The molecule has 2 rings (SSSR count). The van der Waals surface area contributed by atoms with Gasteiger partial charge < -0.3 is 15.3 Å². The van der Waals surface area contributed by atoms with E-state index in [0.29, 0.717) is 12.6 Å². The SMILES string of the molecule is CC1CNC(CC(=O)O)C(=O)N1C1CCCC1. The number of rotatable bonds is 3. The largest absolute Gasteiger partial charge is 0.481 e. The molecule has 2 N–H and O–H groups in total. The first-order chi connectivity index (χ1) is 8.09. The number of aliphatic carboxylic acids is 1. The zero-order valence-corrected chi connectivity index (χ0v) is 10.2. The van der Waals surface area contributed by atoms with Crippen LogP contribution in [0.25, 0.3) is 0 Å². The topological polar surface area (TPSA) is 69.6 Å². The number of piperazine rings is 1. The highest BCUT2D eigenvalue weighted by Crippen LogP contribution is 2.27. The van der Waals surface area contributed by atoms with E-state index in [2.05, 4.69) is 5.32 Å². The van der Waals surface area contributed by atoms with Gasteiger partial charge in [0.2, 0.25) is 5.91 Å². The van der Waals surface area contributed by atoms with E-state index in [1.165, 1.54) is 12.8 Å². The van der Waals surface area contributed by atoms with E-state index < -0.39 is 12.0 Å². The summed E-state index contributed by atoms with van der Waals surface area (Å²) < 4.78 is 0. The molecular weight excluding hydrogens is 220 g/mol. The van der Waals surface area contributed by atoms with Gasteiger partial charge in [0.1, 0.15) is 0 Å². The normalized spacial score (nSPS) is 30.9. The second-order valence-electron chi connectivity index (χ2n) is 5.09. The standard InChI is InChI=1S/C12H20N2O3/c1-8-7-13-10(6-11(15)16)12(17)14(8)9-4-2-3-5-9/h8-10,13H,2-7H2,1H3,(H,15,16). The van der Waals surface area contributed by atoms with Crippen molar-refractivity contribution in [2.45, 2.75) is 57.2 Å². The molecule has 2 atom stereocenters. The molecule has 0 radical (unpaired) electrons. The zero-order chi connectivity index (χ0) is 12.4. The third-order valence-corrected chi connectivity index (χ3v) is 3.78. The number of hydrogen-bond donors (Lipinski definition) is 2. The summed E-state index contributed by atoms with van der Waals surface area (Å²) in [5, 5.41) is 11.8. The first kappa shape index (κ1) is 12.4. The fourth-order valence-electron chi connectivity index (χ4n) is 2.95. The van der Waals surface area contributed by atoms with Gasteiger partial charge in [-0.2, -0.15) is 0 Å². The van der Waals surface area contributed by atoms with E-state index in [1.807, 2.05) is 11.8 Å². The Hall–Kier alpha value is -1.10. The van der Waals surface area contributed by atoms with Gasteiger partial charge >= 0.3 is 5.97 Å². The Morgan fingerprint density at radius 1 is 1.47 bits per heavy atom. The molecule has 1 heterocycles. The van der Waals surface area contributed by atoms with Gasteiger partial charge in [0.25, 0.3) is 0 Å². The second kappa shape index (κ2) is 5.04. The van der Waals surface area contributed by atoms with Crippen molar-refractivity contribution in [3.8, 4) is 0 Å². The van der Waals surface area contributed by atoms with Crippen molar-refractivity contribution in [2.24, 2.45) is 0 Å². The highest BCUT2D eigenvalue weighted by molar-refractivity contribution is 5.87. The quantitative estimate of drug-likeness (QED) is 0.757. The van der Waals surface area contributed by atoms with Crippen LogP contribution in [0.2, 0.25) is 0 Å². The van der Waals surface area contributed by atoms with Gasteiger partial charge in [-0.1, -0.05) is 12.8 Å². The molecule has 5 nitrogen and oxygen atoms in total. The fraction of sp³-hybridized carbons (Fsp3) is 0.833. The molecule has 0 aromatic heterocycles. The van der Waals surface area contributed by atoms with Crippen LogP contribution >= 0.6 is 0 Å². The molecule has 1 aliphatic carbocycles. The van der Waals surface area contributed by atoms with Gasteiger partial charge in [0, 0.05) is 18.6 Å². The third-order valence-electron chi connectivity index (χ3n) is 3.78. The maximum atomic E-state index is 12.3. The van der Waals surface area contributed by atoms with E-state index in [4.69, 9.17) is 5.11 Å². The molecule has 17 heavy (non-hydrogen) atoms. The monoisotopic (exact) mass is 240 g/mol. The van der Waals surface area contributed by atoms with Crippen LogP contribution in [-0.4, -0.2) is 46.6 Å². The van der Waals surface area contributed by atoms with Crippen LogP contribution in [0.1, 0.15) is 39.0 Å². The molecular formula is C12H20N2O3. The maximum absolute atomic E-state index is 12.3. The van der Waals surface area contributed by atoms with Crippen LogP contribution < -0.4 is 5.32 Å². The van der Waals surface area contributed by atoms with Crippen molar-refractivity contribution >= 4 is 11.9 Å². The lowest BCUT2D eigenvalue weighted by Crippen LogP contribution is -2.62. The van der Waals surface area contributed by atoms with Crippen LogP contribution in [0.5, 0.6) is 0 Å². The summed E-state index contributed by atoms with van der Waals surface area (Å²) >= 11 is 0. The third kappa shape index (κ3) is 2.60. The number of nitrogens with one attached hydrogen (secondary N) is 1. The van der Waals surface area contributed by atoms with Crippen molar-refractivity contribution in [3.05, 3.63) is 0 Å². The smallest absolute Gasteiger partial charge is 0.305 e. The minimum Gasteiger partial charge on any atom is -0.481 e. The summed E-state index contributed by atoms with van der Waals surface area (Å²) in [6.45, 7) is 2.72. The van der Waals surface area contributed by atoms with Gasteiger partial charge in [-0.15, -0.1) is 0 Å². The zero-order valence-electron chi connectivity index (χ0n) is 10.2. The van der Waals surface area contributed by atoms with E-state index in [1.54, 1.807) is 0 Å². The summed E-state index contributed by atoms with van der Waals surface area (Å²) in [5.41, 5.74) is 0. The van der Waals surface area contributed by atoms with E-state index >= 15 is 0 Å². The van der Waals surface area contributed by atoms with E-state index in [0.717, 1.165) is 12.8 Å². The van der Waals surface area contributed by atoms with Gasteiger partial charge in [0.15, 0.2) is 0 Å². The summed E-state index contributed by atoms with van der Waals surface area (Å²) in [6.07, 6.45) is 4.37. The van der Waals surface area contributed by atoms with Gasteiger partial charge in [-0.05, 0) is 19.8 Å². The lowest BCUT2D eigenvalue weighted by Gasteiger charge is -2.41. The molecule has 1 saturated heterocycles. The highest BCUT2D eigenvalue weighted by Gasteiger charge is 2.38. The Morgan fingerprint density at radius 3 is 2.71 bits per heavy atom. The number of carboxylic acids is 1. The van der Waals surface area contributed by atoms with Crippen molar-refractivity contribution in [1.82, 2.24) is 10.2 Å². The molecule has 0 spiro atoms. The average molecular weight is 240 g/mol. The summed E-state index contributed by atoms with van der Waals surface area (Å²) in [6, 6.07) is -0.0316. The molecule has 0 aromatic carbocycles. The van der Waals surface area contributed by atoms with Gasteiger partial charge in [0.05, 0.1) is 12.5 Å². The lowest BCUT2D eigenvalue weighted by atomic mass is 10.0. The summed E-state index contributed by atoms with van der Waals surface area (Å²) in [7, 11) is 0. The van der Waals surface area contributed by atoms with Crippen LogP contribution in [0.3, 0.4) is 0 Å². The average Bonchev–Trinajstić information content (AvgIpc) is 2.75. The molecule has 1 saturated carbocycles. The van der Waals surface area contributed by atoms with E-state index in [9.17, 15) is 9.59 Å². The lowest BCUT2D eigenvalue weighted by molar-refractivity contribution is -0.147. The van der Waals surface area contributed by atoms with Gasteiger partial charge in [-0.3, -0.25) is 9.59 Å². The number of carbonyl (C=O) groups is 2. The molecule has 5 heteroatoms. The first-order valence-corrected chi connectivity index (χ1v) is 6.37. The Morgan fingerprint density at radius 2 is 2.12 bits per heavy atom. The Kier molecular flexibility index (Phi) is 3.66. The molecule has 2 fully saturated rings. The first-order valence-electron chi connectivity index (χ1n) is 6.37. The number of nitrogens with zero attached hydrogens (tertiary/aromatic N) is 1. The molecule has 0 aromatic rings. The Bertz CT molecular complexity index is 313. The van der Waals surface area contributed by atoms with Crippen molar-refractivity contribution in [1.29, 1.82) is 0 Å². The van der Waals surface area contributed by atoms with Crippen LogP contribution in [-0.2, 0) is 9.59 Å². The van der Waals surface area contributed by atoms with Crippen LogP contribution in [0.4, 0.5) is 0 Å². The predicted molar refractivity (Wildman–Crippen MR) is 62.6 cm³/mol. The maximum Gasteiger partial charge on any atom is 0.305 e. The number of carbonyl (C=O) groups excluding carboxylic acids is 1. The number of amides is 1. The minimum absolute atomic E-state index is 0.0296. The second-order valence-corrected chi connectivity index (χ2v) is 5.09. The Labute approximate surface area is 101 Å². The fourth-order valence-corrected chi connectivity index (χ4v) is 2.95. The molecule has 1 aliphatic heterocycles. The predicted octanol–water partition coefficient (Wildman–Crippen LogP) is 0.593. The molecule has 96 valence electrons. The van der Waals surface area contributed by atoms with Crippen molar-refractivity contribution in [2.75, 3.05) is 6.54 Å².